The van der Waals surface area contributed by atoms with Gasteiger partial charge in [-0.15, -0.1) is 0 Å². The minimum absolute atomic E-state index is 0.345. The molecular formula is C13H23NO3. The third-order valence-electron chi connectivity index (χ3n) is 4.09. The van der Waals surface area contributed by atoms with Crippen LogP contribution in [0.3, 0.4) is 0 Å². The molecule has 2 fully saturated rings. The first-order valence-corrected chi connectivity index (χ1v) is 6.72. The summed E-state index contributed by atoms with van der Waals surface area (Å²) in [5.74, 6) is -0.260. The average molecular weight is 241 g/mol. The van der Waals surface area contributed by atoms with E-state index < -0.39 is 5.97 Å². The predicted octanol–water partition coefficient (Wildman–Crippen LogP) is 1.74. The number of nitrogens with zero attached hydrogens (tertiary/aromatic N) is 1. The zero-order valence-electron chi connectivity index (χ0n) is 10.6. The SMILES string of the molecule is CC1CC(N2CCC(CC(=O)O)CC2)CCO1. The molecule has 2 saturated heterocycles. The number of ether oxygens (including phenoxy) is 1. The minimum atomic E-state index is -0.650. The summed E-state index contributed by atoms with van der Waals surface area (Å²) >= 11 is 0. The molecule has 0 aromatic carbocycles. The minimum Gasteiger partial charge on any atom is -0.481 e. The Morgan fingerprint density at radius 2 is 2.06 bits per heavy atom. The first-order valence-electron chi connectivity index (χ1n) is 6.72. The smallest absolute Gasteiger partial charge is 0.303 e. The largest absolute Gasteiger partial charge is 0.481 e. The third-order valence-corrected chi connectivity index (χ3v) is 4.09. The van der Waals surface area contributed by atoms with E-state index in [0.717, 1.165) is 45.4 Å². The number of carboxylic acids is 1. The Hall–Kier alpha value is -0.610. The average Bonchev–Trinajstić information content (AvgIpc) is 2.29. The molecule has 0 aliphatic carbocycles. The summed E-state index contributed by atoms with van der Waals surface area (Å²) in [5.41, 5.74) is 0. The second kappa shape index (κ2) is 5.83. The van der Waals surface area contributed by atoms with E-state index in [1.807, 2.05) is 0 Å². The monoisotopic (exact) mass is 241 g/mol. The number of piperidine rings is 1. The molecule has 2 aliphatic heterocycles. The lowest BCUT2D eigenvalue weighted by Crippen LogP contribution is -2.45. The molecule has 4 heteroatoms. The molecule has 2 rings (SSSR count). The summed E-state index contributed by atoms with van der Waals surface area (Å²) in [6.07, 6.45) is 5.07. The van der Waals surface area contributed by atoms with Gasteiger partial charge >= 0.3 is 5.97 Å². The summed E-state index contributed by atoms with van der Waals surface area (Å²) in [6.45, 7) is 5.15. The van der Waals surface area contributed by atoms with Crippen molar-refractivity contribution in [2.45, 2.75) is 51.2 Å². The van der Waals surface area contributed by atoms with E-state index in [0.29, 0.717) is 24.5 Å². The summed E-state index contributed by atoms with van der Waals surface area (Å²) in [7, 11) is 0. The highest BCUT2D eigenvalue weighted by Crippen LogP contribution is 2.26. The highest BCUT2D eigenvalue weighted by Gasteiger charge is 2.29. The van der Waals surface area contributed by atoms with Crippen molar-refractivity contribution >= 4 is 5.97 Å². The first kappa shape index (κ1) is 12.8. The predicted molar refractivity (Wildman–Crippen MR) is 65.0 cm³/mol. The van der Waals surface area contributed by atoms with Gasteiger partial charge in [0.05, 0.1) is 6.10 Å². The van der Waals surface area contributed by atoms with E-state index in [1.165, 1.54) is 0 Å². The van der Waals surface area contributed by atoms with Crippen molar-refractivity contribution < 1.29 is 14.6 Å². The molecule has 0 spiro atoms. The van der Waals surface area contributed by atoms with Gasteiger partial charge in [0.15, 0.2) is 0 Å². The number of hydrogen-bond acceptors (Lipinski definition) is 3. The van der Waals surface area contributed by atoms with E-state index in [1.54, 1.807) is 0 Å². The van der Waals surface area contributed by atoms with Gasteiger partial charge in [-0.05, 0) is 51.6 Å². The van der Waals surface area contributed by atoms with Gasteiger partial charge < -0.3 is 14.7 Å². The van der Waals surface area contributed by atoms with Gasteiger partial charge in [0.2, 0.25) is 0 Å². The molecule has 0 aromatic heterocycles. The van der Waals surface area contributed by atoms with Gasteiger partial charge in [-0.2, -0.15) is 0 Å². The van der Waals surface area contributed by atoms with E-state index in [-0.39, 0.29) is 0 Å². The van der Waals surface area contributed by atoms with E-state index in [2.05, 4.69) is 11.8 Å². The summed E-state index contributed by atoms with van der Waals surface area (Å²) in [5, 5.41) is 8.78. The lowest BCUT2D eigenvalue weighted by Gasteiger charge is -2.40. The summed E-state index contributed by atoms with van der Waals surface area (Å²) < 4.78 is 5.57. The molecule has 2 aliphatic rings. The van der Waals surface area contributed by atoms with Crippen LogP contribution < -0.4 is 0 Å². The zero-order chi connectivity index (χ0) is 12.3. The van der Waals surface area contributed by atoms with Crippen molar-refractivity contribution in [2.24, 2.45) is 5.92 Å². The molecule has 0 bridgehead atoms. The first-order chi connectivity index (χ1) is 8.15. The van der Waals surface area contributed by atoms with Crippen LogP contribution in [0.1, 0.15) is 39.0 Å². The summed E-state index contributed by atoms with van der Waals surface area (Å²) in [6, 6.07) is 0.657. The van der Waals surface area contributed by atoms with Gasteiger partial charge in [0.25, 0.3) is 0 Å². The van der Waals surface area contributed by atoms with Crippen molar-refractivity contribution in [3.63, 3.8) is 0 Å². The maximum Gasteiger partial charge on any atom is 0.303 e. The second-order valence-electron chi connectivity index (χ2n) is 5.44. The number of carbonyl (C=O) groups is 1. The molecule has 0 amide bonds. The zero-order valence-corrected chi connectivity index (χ0v) is 10.6. The maximum absolute atomic E-state index is 10.7. The van der Waals surface area contributed by atoms with Gasteiger partial charge in [-0.1, -0.05) is 0 Å². The van der Waals surface area contributed by atoms with Crippen molar-refractivity contribution in [3.8, 4) is 0 Å². The van der Waals surface area contributed by atoms with Crippen LogP contribution in [0.2, 0.25) is 0 Å². The van der Waals surface area contributed by atoms with Crippen molar-refractivity contribution in [1.29, 1.82) is 0 Å². The van der Waals surface area contributed by atoms with Crippen LogP contribution in [0, 0.1) is 5.92 Å². The van der Waals surface area contributed by atoms with Gasteiger partial charge in [0, 0.05) is 19.1 Å². The highest BCUT2D eigenvalue weighted by atomic mass is 16.5. The summed E-state index contributed by atoms with van der Waals surface area (Å²) in [4.78, 5) is 13.2. The third kappa shape index (κ3) is 3.68. The van der Waals surface area contributed by atoms with E-state index in [4.69, 9.17) is 9.84 Å². The molecule has 2 atom stereocenters. The number of rotatable bonds is 3. The van der Waals surface area contributed by atoms with Crippen LogP contribution in [-0.2, 0) is 9.53 Å². The molecule has 4 nitrogen and oxygen atoms in total. The van der Waals surface area contributed by atoms with E-state index in [9.17, 15) is 4.79 Å². The molecule has 0 aromatic rings. The fourth-order valence-electron chi connectivity index (χ4n) is 3.08. The van der Waals surface area contributed by atoms with E-state index >= 15 is 0 Å². The molecule has 17 heavy (non-hydrogen) atoms. The standard InChI is InChI=1S/C13H23NO3/c1-10-8-12(4-7-17-10)14-5-2-11(3-6-14)9-13(15)16/h10-12H,2-9H2,1H3,(H,15,16). The molecule has 2 unspecified atom stereocenters. The lowest BCUT2D eigenvalue weighted by atomic mass is 9.91. The second-order valence-corrected chi connectivity index (χ2v) is 5.44. The van der Waals surface area contributed by atoms with Crippen LogP contribution >= 0.6 is 0 Å². The molecule has 1 N–H and O–H groups in total. The van der Waals surface area contributed by atoms with Crippen molar-refractivity contribution in [3.05, 3.63) is 0 Å². The maximum atomic E-state index is 10.7. The molecule has 0 saturated carbocycles. The van der Waals surface area contributed by atoms with Crippen LogP contribution in [-0.4, -0.2) is 47.8 Å². The molecule has 0 radical (unpaired) electrons. The normalized spacial score (nSPS) is 32.5. The number of aliphatic carboxylic acids is 1. The van der Waals surface area contributed by atoms with Crippen LogP contribution in [0.15, 0.2) is 0 Å². The lowest BCUT2D eigenvalue weighted by molar-refractivity contribution is -0.138. The Bertz CT molecular complexity index is 261. The van der Waals surface area contributed by atoms with Crippen LogP contribution in [0.25, 0.3) is 0 Å². The van der Waals surface area contributed by atoms with Crippen LogP contribution in [0.5, 0.6) is 0 Å². The van der Waals surface area contributed by atoms with Gasteiger partial charge in [0.1, 0.15) is 0 Å². The Labute approximate surface area is 103 Å². The number of likely N-dealkylation sites (tertiary alicyclic amines) is 1. The highest BCUT2D eigenvalue weighted by molar-refractivity contribution is 5.67. The number of hydrogen-bond donors (Lipinski definition) is 1. The fraction of sp³-hybridized carbons (Fsp3) is 0.923. The fourth-order valence-corrected chi connectivity index (χ4v) is 3.08. The molecule has 98 valence electrons. The Balaban J connectivity index is 1.76. The van der Waals surface area contributed by atoms with Crippen molar-refractivity contribution in [2.75, 3.05) is 19.7 Å². The molecular weight excluding hydrogens is 218 g/mol. The van der Waals surface area contributed by atoms with Crippen LogP contribution in [0.4, 0.5) is 0 Å². The van der Waals surface area contributed by atoms with Gasteiger partial charge in [-0.25, -0.2) is 0 Å². The Morgan fingerprint density at radius 3 is 2.65 bits per heavy atom. The van der Waals surface area contributed by atoms with Gasteiger partial charge in [-0.3, -0.25) is 4.79 Å². The number of carboxylic acid groups (broad SMARTS) is 1. The molecule has 2 heterocycles. The Morgan fingerprint density at radius 1 is 1.35 bits per heavy atom. The quantitative estimate of drug-likeness (QED) is 0.817. The van der Waals surface area contributed by atoms with Crippen molar-refractivity contribution in [1.82, 2.24) is 4.90 Å². The Kier molecular flexibility index (Phi) is 4.40. The topological polar surface area (TPSA) is 49.8 Å².